The van der Waals surface area contributed by atoms with E-state index in [-0.39, 0.29) is 29.6 Å². The maximum atomic E-state index is 13.3. The third-order valence-electron chi connectivity index (χ3n) is 8.05. The number of benzene rings is 2. The molecule has 0 aromatic heterocycles. The first kappa shape index (κ1) is 20.7. The van der Waals surface area contributed by atoms with Gasteiger partial charge in [0.15, 0.2) is 0 Å². The van der Waals surface area contributed by atoms with Crippen LogP contribution in [0.3, 0.4) is 0 Å². The molecule has 0 spiro atoms. The zero-order valence-electron chi connectivity index (χ0n) is 18.3. The Morgan fingerprint density at radius 1 is 0.818 bits per heavy atom. The molecule has 2 heterocycles. The first-order valence-electron chi connectivity index (χ1n) is 11.8. The number of para-hydroxylation sites is 1. The van der Waals surface area contributed by atoms with E-state index in [2.05, 4.69) is 17.0 Å². The molecule has 6 rings (SSSR count). The molecule has 2 aliphatic carbocycles. The fraction of sp³-hybridized carbons (Fsp3) is 0.423. The zero-order chi connectivity index (χ0) is 22.7. The summed E-state index contributed by atoms with van der Waals surface area (Å²) in [5.41, 5.74) is 1.97. The standard InChI is InChI=1S/C26H26ClN3O3/c27-21-9-8-19(30-25(32)22-16-6-7-17(14-16)23(22)26(30)33)15-20(21)24(31)29-12-10-28(11-13-29)18-4-2-1-3-5-18/h1-5,8-9,15-17,22-23H,6-7,10-14H2/t16-,17-,22+,23+/m0/s1. The van der Waals surface area contributed by atoms with Gasteiger partial charge in [-0.25, -0.2) is 0 Å². The lowest BCUT2D eigenvalue weighted by molar-refractivity contribution is -0.123. The molecule has 2 bridgehead atoms. The van der Waals surface area contributed by atoms with Crippen molar-refractivity contribution in [1.29, 1.82) is 0 Å². The van der Waals surface area contributed by atoms with Gasteiger partial charge in [-0.05, 0) is 61.4 Å². The minimum atomic E-state index is -0.183. The fourth-order valence-corrected chi connectivity index (χ4v) is 6.65. The molecule has 33 heavy (non-hydrogen) atoms. The Balaban J connectivity index is 1.21. The third kappa shape index (κ3) is 3.26. The lowest BCUT2D eigenvalue weighted by atomic mass is 9.81. The average Bonchev–Trinajstić information content (AvgIpc) is 3.54. The van der Waals surface area contributed by atoms with E-state index >= 15 is 0 Å². The number of hydrogen-bond acceptors (Lipinski definition) is 4. The molecular weight excluding hydrogens is 438 g/mol. The van der Waals surface area contributed by atoms with Crippen molar-refractivity contribution in [3.8, 4) is 0 Å². The highest BCUT2D eigenvalue weighted by molar-refractivity contribution is 6.34. The van der Waals surface area contributed by atoms with Crippen molar-refractivity contribution >= 4 is 40.7 Å². The number of nitrogens with zero attached hydrogens (tertiary/aromatic N) is 3. The molecule has 4 atom stereocenters. The second kappa shape index (κ2) is 7.87. The van der Waals surface area contributed by atoms with Crippen LogP contribution in [0.5, 0.6) is 0 Å². The van der Waals surface area contributed by atoms with Gasteiger partial charge in [-0.1, -0.05) is 29.8 Å². The molecular formula is C26H26ClN3O3. The van der Waals surface area contributed by atoms with Crippen LogP contribution in [0.1, 0.15) is 29.6 Å². The predicted molar refractivity (Wildman–Crippen MR) is 126 cm³/mol. The smallest absolute Gasteiger partial charge is 0.255 e. The summed E-state index contributed by atoms with van der Waals surface area (Å²) in [6, 6.07) is 15.1. The van der Waals surface area contributed by atoms with Crippen molar-refractivity contribution in [3.05, 3.63) is 59.1 Å². The van der Waals surface area contributed by atoms with Gasteiger partial charge in [-0.15, -0.1) is 0 Å². The molecule has 7 heteroatoms. The summed E-state index contributed by atoms with van der Waals surface area (Å²) < 4.78 is 0. The molecule has 170 valence electrons. The quantitative estimate of drug-likeness (QED) is 0.649. The van der Waals surface area contributed by atoms with Crippen molar-refractivity contribution < 1.29 is 14.4 Å². The molecule has 0 radical (unpaired) electrons. The number of halogens is 1. The van der Waals surface area contributed by atoms with E-state index in [9.17, 15) is 14.4 Å². The van der Waals surface area contributed by atoms with Crippen molar-refractivity contribution in [1.82, 2.24) is 4.90 Å². The molecule has 0 unspecified atom stereocenters. The van der Waals surface area contributed by atoms with Crippen LogP contribution in [0.25, 0.3) is 0 Å². The summed E-state index contributed by atoms with van der Waals surface area (Å²) >= 11 is 6.42. The van der Waals surface area contributed by atoms with E-state index in [4.69, 9.17) is 11.6 Å². The van der Waals surface area contributed by atoms with Crippen molar-refractivity contribution in [2.24, 2.45) is 23.7 Å². The largest absolute Gasteiger partial charge is 0.368 e. The molecule has 2 aromatic carbocycles. The lowest BCUT2D eigenvalue weighted by Gasteiger charge is -2.36. The molecule has 4 fully saturated rings. The Labute approximate surface area is 198 Å². The van der Waals surface area contributed by atoms with Gasteiger partial charge in [0, 0.05) is 31.9 Å². The maximum Gasteiger partial charge on any atom is 0.255 e. The summed E-state index contributed by atoms with van der Waals surface area (Å²) in [5, 5.41) is 0.341. The Morgan fingerprint density at radius 3 is 2.09 bits per heavy atom. The Kier molecular flexibility index (Phi) is 4.94. The van der Waals surface area contributed by atoms with Crippen LogP contribution >= 0.6 is 11.6 Å². The van der Waals surface area contributed by atoms with Gasteiger partial charge < -0.3 is 9.80 Å². The van der Waals surface area contributed by atoms with E-state index in [1.807, 2.05) is 18.2 Å². The molecule has 4 aliphatic rings. The SMILES string of the molecule is O=C(c1cc(N2C(=O)[C@@H]3[C@H]4CC[C@@H](C4)[C@H]3C2=O)ccc1Cl)N1CCN(c2ccccc2)CC1. The van der Waals surface area contributed by atoms with E-state index in [0.29, 0.717) is 41.2 Å². The number of piperazine rings is 1. The van der Waals surface area contributed by atoms with Gasteiger partial charge >= 0.3 is 0 Å². The average molecular weight is 464 g/mol. The summed E-state index contributed by atoms with van der Waals surface area (Å²) in [7, 11) is 0. The minimum absolute atomic E-state index is 0.102. The molecule has 2 aliphatic heterocycles. The highest BCUT2D eigenvalue weighted by atomic mass is 35.5. The van der Waals surface area contributed by atoms with Gasteiger partial charge in [-0.3, -0.25) is 19.3 Å². The highest BCUT2D eigenvalue weighted by Gasteiger charge is 2.61. The first-order chi connectivity index (χ1) is 16.0. The zero-order valence-corrected chi connectivity index (χ0v) is 19.1. The lowest BCUT2D eigenvalue weighted by Crippen LogP contribution is -2.48. The summed E-state index contributed by atoms with van der Waals surface area (Å²) in [4.78, 5) is 45.1. The monoisotopic (exact) mass is 463 g/mol. The number of fused-ring (bicyclic) bond motifs is 5. The predicted octanol–water partition coefficient (Wildman–Crippen LogP) is 3.84. The van der Waals surface area contributed by atoms with Crippen LogP contribution in [-0.4, -0.2) is 48.8 Å². The Hall–Kier alpha value is -2.86. The molecule has 6 nitrogen and oxygen atoms in total. The number of amides is 3. The van der Waals surface area contributed by atoms with Gasteiger partial charge in [0.1, 0.15) is 0 Å². The van der Waals surface area contributed by atoms with E-state index in [1.54, 1.807) is 23.1 Å². The topological polar surface area (TPSA) is 60.9 Å². The van der Waals surface area contributed by atoms with E-state index in [0.717, 1.165) is 38.0 Å². The number of carbonyl (C=O) groups excluding carboxylic acids is 3. The Morgan fingerprint density at radius 2 is 1.45 bits per heavy atom. The van der Waals surface area contributed by atoms with Crippen molar-refractivity contribution in [3.63, 3.8) is 0 Å². The van der Waals surface area contributed by atoms with Gasteiger partial charge in [-0.2, -0.15) is 0 Å². The molecule has 2 aromatic rings. The summed E-state index contributed by atoms with van der Waals surface area (Å²) in [6.45, 7) is 2.65. The second-order valence-electron chi connectivity index (χ2n) is 9.68. The number of anilines is 2. The van der Waals surface area contributed by atoms with Crippen LogP contribution in [0.15, 0.2) is 48.5 Å². The van der Waals surface area contributed by atoms with E-state index < -0.39 is 0 Å². The summed E-state index contributed by atoms with van der Waals surface area (Å²) in [6.07, 6.45) is 3.08. The van der Waals surface area contributed by atoms with E-state index in [1.165, 1.54) is 4.90 Å². The first-order valence-corrected chi connectivity index (χ1v) is 12.2. The van der Waals surface area contributed by atoms with Crippen LogP contribution in [-0.2, 0) is 9.59 Å². The van der Waals surface area contributed by atoms with Crippen molar-refractivity contribution in [2.45, 2.75) is 19.3 Å². The normalized spacial score (nSPS) is 28.6. The van der Waals surface area contributed by atoms with Crippen molar-refractivity contribution in [2.75, 3.05) is 36.0 Å². The third-order valence-corrected chi connectivity index (χ3v) is 8.38. The van der Waals surface area contributed by atoms with Crippen LogP contribution in [0, 0.1) is 23.7 Å². The highest BCUT2D eigenvalue weighted by Crippen LogP contribution is 2.56. The van der Waals surface area contributed by atoms with Crippen LogP contribution in [0.2, 0.25) is 5.02 Å². The number of carbonyl (C=O) groups is 3. The Bertz CT molecular complexity index is 1100. The van der Waals surface area contributed by atoms with Gasteiger partial charge in [0.25, 0.3) is 5.91 Å². The minimum Gasteiger partial charge on any atom is -0.368 e. The van der Waals surface area contributed by atoms with Crippen LogP contribution < -0.4 is 9.80 Å². The molecule has 0 N–H and O–H groups in total. The van der Waals surface area contributed by atoms with Crippen LogP contribution in [0.4, 0.5) is 11.4 Å². The fourth-order valence-electron chi connectivity index (χ4n) is 6.46. The molecule has 2 saturated carbocycles. The number of rotatable bonds is 3. The summed E-state index contributed by atoms with van der Waals surface area (Å²) in [5.74, 6) is -0.0708. The van der Waals surface area contributed by atoms with Gasteiger partial charge in [0.2, 0.25) is 11.8 Å². The molecule has 3 amide bonds. The molecule has 2 saturated heterocycles. The number of imide groups is 1. The maximum absolute atomic E-state index is 13.3. The second-order valence-corrected chi connectivity index (χ2v) is 10.1. The van der Waals surface area contributed by atoms with Gasteiger partial charge in [0.05, 0.1) is 28.1 Å². The number of hydrogen-bond donors (Lipinski definition) is 0.